The predicted molar refractivity (Wildman–Crippen MR) is 71.4 cm³/mol. The molecule has 18 heavy (non-hydrogen) atoms. The summed E-state index contributed by atoms with van der Waals surface area (Å²) >= 11 is 3.17. The highest BCUT2D eigenvalue weighted by atomic mass is 79.9. The molecule has 0 heterocycles. The summed E-state index contributed by atoms with van der Waals surface area (Å²) in [6.07, 6.45) is 0. The van der Waals surface area contributed by atoms with Crippen LogP contribution in [0.3, 0.4) is 0 Å². The van der Waals surface area contributed by atoms with Gasteiger partial charge in [0, 0.05) is 5.41 Å². The van der Waals surface area contributed by atoms with E-state index in [1.807, 2.05) is 0 Å². The van der Waals surface area contributed by atoms with Crippen molar-refractivity contribution in [2.45, 2.75) is 13.8 Å². The van der Waals surface area contributed by atoms with Crippen LogP contribution >= 0.6 is 15.9 Å². The van der Waals surface area contributed by atoms with E-state index in [1.165, 1.54) is 18.2 Å². The van der Waals surface area contributed by atoms with Gasteiger partial charge in [-0.1, -0.05) is 13.8 Å². The van der Waals surface area contributed by atoms with Crippen molar-refractivity contribution in [1.82, 2.24) is 0 Å². The number of halogens is 2. The van der Waals surface area contributed by atoms with Crippen LogP contribution in [0.1, 0.15) is 13.8 Å². The number of hydrogen-bond acceptors (Lipinski definition) is 3. The van der Waals surface area contributed by atoms with Crippen LogP contribution in [0.2, 0.25) is 0 Å². The Morgan fingerprint density at radius 2 is 2.06 bits per heavy atom. The van der Waals surface area contributed by atoms with E-state index in [0.717, 1.165) is 0 Å². The molecule has 0 atom stereocenters. The molecule has 0 radical (unpaired) electrons. The molecule has 102 valence electrons. The Kier molecular flexibility index (Phi) is 4.74. The van der Waals surface area contributed by atoms with E-state index in [9.17, 15) is 12.8 Å². The Morgan fingerprint density at radius 3 is 2.56 bits per heavy atom. The van der Waals surface area contributed by atoms with Gasteiger partial charge in [0.1, 0.15) is 11.6 Å². The third-order valence-corrected chi connectivity index (χ3v) is 3.91. The van der Waals surface area contributed by atoms with Gasteiger partial charge in [-0.05, 0) is 34.1 Å². The smallest absolute Gasteiger partial charge is 0.209 e. The van der Waals surface area contributed by atoms with E-state index in [2.05, 4.69) is 15.9 Å². The summed E-state index contributed by atoms with van der Waals surface area (Å²) in [4.78, 5) is 0. The maximum Gasteiger partial charge on any atom is 0.209 e. The molecule has 1 aromatic rings. The second-order valence-electron chi connectivity index (χ2n) is 4.83. The van der Waals surface area contributed by atoms with Crippen LogP contribution in [0.4, 0.5) is 4.39 Å². The van der Waals surface area contributed by atoms with Gasteiger partial charge in [0.2, 0.25) is 10.0 Å². The lowest BCUT2D eigenvalue weighted by Crippen LogP contribution is -2.33. The van der Waals surface area contributed by atoms with Gasteiger partial charge in [0.15, 0.2) is 0 Å². The number of benzene rings is 1. The van der Waals surface area contributed by atoms with Crippen LogP contribution in [0, 0.1) is 11.2 Å². The first-order valence-electron chi connectivity index (χ1n) is 5.17. The van der Waals surface area contributed by atoms with Crippen molar-refractivity contribution in [2.24, 2.45) is 10.6 Å². The molecule has 0 aliphatic rings. The summed E-state index contributed by atoms with van der Waals surface area (Å²) in [7, 11) is -3.55. The van der Waals surface area contributed by atoms with Gasteiger partial charge in [-0.25, -0.2) is 17.9 Å². The summed E-state index contributed by atoms with van der Waals surface area (Å²) in [6, 6.07) is 4.03. The van der Waals surface area contributed by atoms with Gasteiger partial charge in [-0.15, -0.1) is 0 Å². The average Bonchev–Trinajstić information content (AvgIpc) is 2.12. The lowest BCUT2D eigenvalue weighted by molar-refractivity contribution is 0.198. The zero-order chi connectivity index (χ0) is 14.0. The fourth-order valence-corrected chi connectivity index (χ4v) is 3.09. The highest BCUT2D eigenvalue weighted by Crippen LogP contribution is 2.27. The van der Waals surface area contributed by atoms with Crippen LogP contribution in [0.5, 0.6) is 5.75 Å². The van der Waals surface area contributed by atoms with Gasteiger partial charge in [-0.2, -0.15) is 0 Å². The maximum atomic E-state index is 12.9. The van der Waals surface area contributed by atoms with Crippen molar-refractivity contribution in [1.29, 1.82) is 0 Å². The number of primary sulfonamides is 1. The van der Waals surface area contributed by atoms with E-state index < -0.39 is 15.4 Å². The maximum absolute atomic E-state index is 12.9. The Balaban J connectivity index is 2.70. The van der Waals surface area contributed by atoms with Crippen molar-refractivity contribution in [3.63, 3.8) is 0 Å². The Hall–Kier alpha value is -0.660. The predicted octanol–water partition coefficient (Wildman–Crippen LogP) is 2.28. The first kappa shape index (κ1) is 15.4. The van der Waals surface area contributed by atoms with Crippen molar-refractivity contribution in [2.75, 3.05) is 12.4 Å². The number of rotatable bonds is 5. The number of nitrogens with two attached hydrogens (primary N) is 1. The second-order valence-corrected chi connectivity index (χ2v) is 7.30. The SMILES string of the molecule is CC(C)(COc1ccc(F)cc1Br)CS(N)(=O)=O. The zero-order valence-corrected chi connectivity index (χ0v) is 12.5. The van der Waals surface area contributed by atoms with E-state index in [0.29, 0.717) is 10.2 Å². The minimum Gasteiger partial charge on any atom is -0.492 e. The number of sulfonamides is 1. The minimum atomic E-state index is -3.55. The average molecular weight is 340 g/mol. The first-order chi connectivity index (χ1) is 8.09. The minimum absolute atomic E-state index is 0.160. The molecule has 1 aromatic carbocycles. The monoisotopic (exact) mass is 339 g/mol. The fraction of sp³-hybridized carbons (Fsp3) is 0.455. The van der Waals surface area contributed by atoms with Crippen molar-refractivity contribution >= 4 is 26.0 Å². The van der Waals surface area contributed by atoms with Gasteiger partial charge >= 0.3 is 0 Å². The van der Waals surface area contributed by atoms with Crippen LogP contribution in [-0.2, 0) is 10.0 Å². The molecule has 0 aromatic heterocycles. The highest BCUT2D eigenvalue weighted by Gasteiger charge is 2.25. The van der Waals surface area contributed by atoms with Gasteiger partial charge in [0.05, 0.1) is 16.8 Å². The summed E-state index contributed by atoms with van der Waals surface area (Å²) < 4.78 is 40.9. The lowest BCUT2D eigenvalue weighted by Gasteiger charge is -2.23. The van der Waals surface area contributed by atoms with Crippen LogP contribution in [0.25, 0.3) is 0 Å². The van der Waals surface area contributed by atoms with E-state index in [-0.39, 0.29) is 18.2 Å². The molecule has 0 fully saturated rings. The lowest BCUT2D eigenvalue weighted by atomic mass is 9.98. The highest BCUT2D eigenvalue weighted by molar-refractivity contribution is 9.10. The van der Waals surface area contributed by atoms with Crippen molar-refractivity contribution < 1.29 is 17.5 Å². The van der Waals surface area contributed by atoms with E-state index in [4.69, 9.17) is 9.88 Å². The van der Waals surface area contributed by atoms with Crippen LogP contribution < -0.4 is 9.88 Å². The normalized spacial score (nSPS) is 12.5. The van der Waals surface area contributed by atoms with Crippen molar-refractivity contribution in [3.05, 3.63) is 28.5 Å². The van der Waals surface area contributed by atoms with Gasteiger partial charge < -0.3 is 4.74 Å². The van der Waals surface area contributed by atoms with E-state index in [1.54, 1.807) is 13.8 Å². The van der Waals surface area contributed by atoms with Crippen LogP contribution in [0.15, 0.2) is 22.7 Å². The molecule has 4 nitrogen and oxygen atoms in total. The van der Waals surface area contributed by atoms with Gasteiger partial charge in [0.25, 0.3) is 0 Å². The summed E-state index contributed by atoms with van der Waals surface area (Å²) in [5.74, 6) is -0.101. The Morgan fingerprint density at radius 1 is 1.44 bits per heavy atom. The molecule has 2 N–H and O–H groups in total. The molecular formula is C11H15BrFNO3S. The topological polar surface area (TPSA) is 69.4 Å². The summed E-state index contributed by atoms with van der Waals surface area (Å²) in [6.45, 7) is 3.62. The largest absolute Gasteiger partial charge is 0.492 e. The second kappa shape index (κ2) is 5.54. The Labute approximate surface area is 115 Å². The molecule has 0 saturated heterocycles. The molecule has 0 aliphatic carbocycles. The van der Waals surface area contributed by atoms with Crippen LogP contribution in [-0.4, -0.2) is 20.8 Å². The third kappa shape index (κ3) is 5.32. The number of hydrogen-bond donors (Lipinski definition) is 1. The number of ether oxygens (including phenoxy) is 1. The zero-order valence-electron chi connectivity index (χ0n) is 10.1. The molecule has 0 saturated carbocycles. The molecule has 0 aliphatic heterocycles. The third-order valence-electron chi connectivity index (χ3n) is 2.10. The molecule has 0 amide bonds. The fourth-order valence-electron chi connectivity index (χ4n) is 1.45. The van der Waals surface area contributed by atoms with E-state index >= 15 is 0 Å². The molecular weight excluding hydrogens is 325 g/mol. The molecule has 0 bridgehead atoms. The quantitative estimate of drug-likeness (QED) is 0.894. The summed E-state index contributed by atoms with van der Waals surface area (Å²) in [5, 5.41) is 5.00. The molecule has 7 heteroatoms. The molecule has 0 spiro atoms. The first-order valence-corrected chi connectivity index (χ1v) is 7.68. The molecule has 1 rings (SSSR count). The molecule has 0 unspecified atom stereocenters. The Bertz CT molecular complexity index is 531. The summed E-state index contributed by atoms with van der Waals surface area (Å²) in [5.41, 5.74) is -0.624. The van der Waals surface area contributed by atoms with Gasteiger partial charge in [-0.3, -0.25) is 0 Å². The standard InChI is InChI=1S/C11H15BrFNO3S/c1-11(2,7-18(14,15)16)6-17-10-4-3-8(13)5-9(10)12/h3-5H,6-7H2,1-2H3,(H2,14,15,16). The van der Waals surface area contributed by atoms with Crippen molar-refractivity contribution in [3.8, 4) is 5.75 Å².